The van der Waals surface area contributed by atoms with Crippen LogP contribution in [0.4, 0.5) is 0 Å². The molecule has 1 N–H and O–H groups in total. The van der Waals surface area contributed by atoms with Crippen molar-refractivity contribution in [3.05, 3.63) is 50.7 Å². The molecule has 0 bridgehead atoms. The molecular formula is C22H24N2O4S. The lowest BCUT2D eigenvalue weighted by Gasteiger charge is -2.11. The summed E-state index contributed by atoms with van der Waals surface area (Å²) in [7, 11) is 1.61. The van der Waals surface area contributed by atoms with Crippen molar-refractivity contribution in [1.29, 1.82) is 0 Å². The summed E-state index contributed by atoms with van der Waals surface area (Å²) in [4.78, 5) is 18.8. The first-order chi connectivity index (χ1) is 14.0. The van der Waals surface area contributed by atoms with Gasteiger partial charge in [0, 0.05) is 29.0 Å². The van der Waals surface area contributed by atoms with Gasteiger partial charge in [0.05, 0.1) is 24.4 Å². The Morgan fingerprint density at radius 2 is 2.10 bits per heavy atom. The van der Waals surface area contributed by atoms with Gasteiger partial charge in [0.1, 0.15) is 5.76 Å². The molecule has 2 aromatic heterocycles. The second kappa shape index (κ2) is 7.91. The van der Waals surface area contributed by atoms with Crippen molar-refractivity contribution in [3.63, 3.8) is 0 Å². The molecule has 2 heterocycles. The SMILES string of the molecule is CCOc1cc(CNC(=O)c2oc3c(c2C)-c2nc(C)sc2CC3)ccc1OC. The number of benzene rings is 1. The van der Waals surface area contributed by atoms with Crippen molar-refractivity contribution in [3.8, 4) is 22.8 Å². The van der Waals surface area contributed by atoms with E-state index < -0.39 is 0 Å². The number of hydrogen-bond donors (Lipinski definition) is 1. The van der Waals surface area contributed by atoms with Gasteiger partial charge in [0.2, 0.25) is 0 Å². The Balaban J connectivity index is 1.53. The fourth-order valence-electron chi connectivity index (χ4n) is 3.70. The number of methoxy groups -OCH3 is 1. The first-order valence-corrected chi connectivity index (χ1v) is 10.5. The van der Waals surface area contributed by atoms with Gasteiger partial charge in [-0.1, -0.05) is 6.07 Å². The van der Waals surface area contributed by atoms with Gasteiger partial charge in [-0.3, -0.25) is 4.79 Å². The quantitative estimate of drug-likeness (QED) is 0.647. The highest BCUT2D eigenvalue weighted by atomic mass is 32.1. The third-order valence-electron chi connectivity index (χ3n) is 5.03. The number of fused-ring (bicyclic) bond motifs is 3. The Morgan fingerprint density at radius 1 is 1.28 bits per heavy atom. The topological polar surface area (TPSA) is 73.6 Å². The number of nitrogens with zero attached hydrogens (tertiary/aromatic N) is 1. The van der Waals surface area contributed by atoms with Gasteiger partial charge in [-0.25, -0.2) is 4.98 Å². The van der Waals surface area contributed by atoms with Crippen molar-refractivity contribution in [2.24, 2.45) is 0 Å². The number of thiazole rings is 1. The number of carbonyl (C=O) groups excluding carboxylic acids is 1. The number of amides is 1. The number of aryl methyl sites for hydroxylation is 3. The predicted molar refractivity (Wildman–Crippen MR) is 112 cm³/mol. The zero-order valence-corrected chi connectivity index (χ0v) is 17.9. The molecule has 1 amide bonds. The maximum absolute atomic E-state index is 12.8. The molecule has 1 aliphatic carbocycles. The summed E-state index contributed by atoms with van der Waals surface area (Å²) >= 11 is 1.72. The van der Waals surface area contributed by atoms with Crippen LogP contribution in [-0.4, -0.2) is 24.6 Å². The van der Waals surface area contributed by atoms with Crippen LogP contribution in [0.25, 0.3) is 11.3 Å². The fourth-order valence-corrected chi connectivity index (χ4v) is 4.64. The van der Waals surface area contributed by atoms with E-state index in [0.29, 0.717) is 30.4 Å². The lowest BCUT2D eigenvalue weighted by molar-refractivity contribution is 0.0920. The van der Waals surface area contributed by atoms with Crippen LogP contribution in [0.2, 0.25) is 0 Å². The van der Waals surface area contributed by atoms with E-state index in [1.807, 2.05) is 39.0 Å². The van der Waals surface area contributed by atoms with Crippen molar-refractivity contribution >= 4 is 17.2 Å². The first kappa shape index (κ1) is 19.5. The van der Waals surface area contributed by atoms with Crippen LogP contribution in [0.15, 0.2) is 22.6 Å². The smallest absolute Gasteiger partial charge is 0.287 e. The highest BCUT2D eigenvalue weighted by molar-refractivity contribution is 7.12. The van der Waals surface area contributed by atoms with Gasteiger partial charge < -0.3 is 19.2 Å². The molecule has 0 spiro atoms. The number of furan rings is 1. The Bertz CT molecular complexity index is 1070. The molecule has 0 saturated carbocycles. The van der Waals surface area contributed by atoms with Crippen molar-refractivity contribution < 1.29 is 18.7 Å². The van der Waals surface area contributed by atoms with Crippen LogP contribution < -0.4 is 14.8 Å². The summed E-state index contributed by atoms with van der Waals surface area (Å²) in [5.74, 6) is 2.34. The molecule has 3 aromatic rings. The maximum Gasteiger partial charge on any atom is 0.287 e. The Hall–Kier alpha value is -2.80. The van der Waals surface area contributed by atoms with E-state index in [4.69, 9.17) is 13.9 Å². The molecule has 4 rings (SSSR count). The summed E-state index contributed by atoms with van der Waals surface area (Å²) in [6, 6.07) is 5.63. The molecule has 0 radical (unpaired) electrons. The number of nitrogens with one attached hydrogen (secondary N) is 1. The molecule has 0 atom stereocenters. The summed E-state index contributed by atoms with van der Waals surface area (Å²) in [6.07, 6.45) is 1.71. The van der Waals surface area contributed by atoms with Gasteiger partial charge >= 0.3 is 0 Å². The lowest BCUT2D eigenvalue weighted by Crippen LogP contribution is -2.23. The largest absolute Gasteiger partial charge is 0.493 e. The van der Waals surface area contributed by atoms with Gasteiger partial charge in [0.25, 0.3) is 5.91 Å². The van der Waals surface area contributed by atoms with Crippen molar-refractivity contribution in [1.82, 2.24) is 10.3 Å². The van der Waals surface area contributed by atoms with Gasteiger partial charge in [-0.15, -0.1) is 11.3 Å². The molecule has 0 fully saturated rings. The minimum atomic E-state index is -0.223. The van der Waals surface area contributed by atoms with Crippen LogP contribution in [0, 0.1) is 13.8 Å². The van der Waals surface area contributed by atoms with Gasteiger partial charge in [-0.2, -0.15) is 0 Å². The van der Waals surface area contributed by atoms with Crippen LogP contribution >= 0.6 is 11.3 Å². The summed E-state index contributed by atoms with van der Waals surface area (Å²) in [5.41, 5.74) is 3.75. The second-order valence-corrected chi connectivity index (χ2v) is 8.25. The van der Waals surface area contributed by atoms with E-state index in [2.05, 4.69) is 10.3 Å². The highest BCUT2D eigenvalue weighted by Gasteiger charge is 2.29. The standard InChI is InChI=1S/C22H24N2O4S/c1-5-27-17-10-14(6-7-15(17)26-4)11-23-22(25)21-12(2)19-16(28-21)8-9-18-20(19)24-13(3)29-18/h6-7,10H,5,8-9,11H2,1-4H3,(H,23,25). The van der Waals surface area contributed by atoms with E-state index >= 15 is 0 Å². The lowest BCUT2D eigenvalue weighted by atomic mass is 9.97. The van der Waals surface area contributed by atoms with Crippen LogP contribution in [0.3, 0.4) is 0 Å². The van der Waals surface area contributed by atoms with Crippen LogP contribution in [0.1, 0.15) is 44.3 Å². The molecule has 0 saturated heterocycles. The Morgan fingerprint density at radius 3 is 2.86 bits per heavy atom. The highest BCUT2D eigenvalue weighted by Crippen LogP contribution is 2.40. The second-order valence-electron chi connectivity index (χ2n) is 6.96. The van der Waals surface area contributed by atoms with Crippen LogP contribution in [-0.2, 0) is 19.4 Å². The third kappa shape index (κ3) is 3.62. The molecule has 0 unspecified atom stereocenters. The van der Waals surface area contributed by atoms with Gasteiger partial charge in [0.15, 0.2) is 17.3 Å². The predicted octanol–water partition coefficient (Wildman–Crippen LogP) is 4.46. The summed E-state index contributed by atoms with van der Waals surface area (Å²) < 4.78 is 16.9. The average Bonchev–Trinajstić information content (AvgIpc) is 3.25. The normalized spacial score (nSPS) is 12.3. The number of aromatic nitrogens is 1. The molecule has 152 valence electrons. The fraction of sp³-hybridized carbons (Fsp3) is 0.364. The molecule has 6 nitrogen and oxygen atoms in total. The number of carbonyl (C=O) groups is 1. The Kier molecular flexibility index (Phi) is 5.32. The van der Waals surface area contributed by atoms with E-state index in [9.17, 15) is 4.79 Å². The van der Waals surface area contributed by atoms with Crippen molar-refractivity contribution in [2.45, 2.75) is 40.2 Å². The first-order valence-electron chi connectivity index (χ1n) is 9.68. The molecular weight excluding hydrogens is 388 g/mol. The van der Waals surface area contributed by atoms with E-state index in [-0.39, 0.29) is 5.91 Å². The Labute approximate surface area is 173 Å². The minimum absolute atomic E-state index is 0.223. The van der Waals surface area contributed by atoms with E-state index in [1.54, 1.807) is 18.4 Å². The van der Waals surface area contributed by atoms with Gasteiger partial charge in [-0.05, 0) is 44.9 Å². The van der Waals surface area contributed by atoms with E-state index in [0.717, 1.165) is 46.0 Å². The molecule has 1 aromatic carbocycles. The average molecular weight is 413 g/mol. The maximum atomic E-state index is 12.8. The third-order valence-corrected chi connectivity index (χ3v) is 6.06. The minimum Gasteiger partial charge on any atom is -0.493 e. The monoisotopic (exact) mass is 412 g/mol. The molecule has 1 aliphatic rings. The number of ether oxygens (including phenoxy) is 2. The van der Waals surface area contributed by atoms with Crippen molar-refractivity contribution in [2.75, 3.05) is 13.7 Å². The summed E-state index contributed by atoms with van der Waals surface area (Å²) in [5, 5.41) is 4.00. The van der Waals surface area contributed by atoms with E-state index in [1.165, 1.54) is 4.88 Å². The van der Waals surface area contributed by atoms with Crippen LogP contribution in [0.5, 0.6) is 11.5 Å². The summed E-state index contributed by atoms with van der Waals surface area (Å²) in [6.45, 7) is 6.78. The molecule has 29 heavy (non-hydrogen) atoms. The zero-order valence-electron chi connectivity index (χ0n) is 17.0. The zero-order chi connectivity index (χ0) is 20.5. The molecule has 0 aliphatic heterocycles. The number of rotatable bonds is 6. The molecule has 7 heteroatoms. The number of hydrogen-bond acceptors (Lipinski definition) is 6.